The van der Waals surface area contributed by atoms with E-state index in [1.165, 1.54) is 5.57 Å². The van der Waals surface area contributed by atoms with Crippen molar-refractivity contribution in [2.45, 2.75) is 27.7 Å². The second-order valence-corrected chi connectivity index (χ2v) is 2.51. The lowest BCUT2D eigenvalue weighted by Crippen LogP contribution is -2.13. The highest BCUT2D eigenvalue weighted by atomic mass is 14.9. The third-order valence-electron chi connectivity index (χ3n) is 1.45. The zero-order chi connectivity index (χ0) is 8.69. The van der Waals surface area contributed by atoms with Crippen molar-refractivity contribution in [1.82, 2.24) is 5.32 Å². The summed E-state index contributed by atoms with van der Waals surface area (Å²) in [5.74, 6) is 0.620. The average Bonchev–Trinajstić information content (AvgIpc) is 2.10. The van der Waals surface area contributed by atoms with Crippen LogP contribution in [-0.4, -0.2) is 12.9 Å². The molecule has 0 aliphatic carbocycles. The second-order valence-electron chi connectivity index (χ2n) is 2.51. The zero-order valence-corrected chi connectivity index (χ0v) is 7.89. The minimum Gasteiger partial charge on any atom is -0.353 e. The SMILES string of the molecule is CC.CC(C)C1=CNC=NC1. The van der Waals surface area contributed by atoms with E-state index in [0.717, 1.165) is 6.54 Å². The summed E-state index contributed by atoms with van der Waals surface area (Å²) in [6.07, 6.45) is 3.75. The molecule has 0 spiro atoms. The molecule has 1 N–H and O–H groups in total. The first-order valence-corrected chi connectivity index (χ1v) is 4.24. The average molecular weight is 154 g/mol. The van der Waals surface area contributed by atoms with Crippen LogP contribution in [0.2, 0.25) is 0 Å². The standard InChI is InChI=1S/C7H12N2.C2H6/c1-6(2)7-3-8-5-9-4-7;1-2/h3,5-6H,4H2,1-2H3,(H,8,9);1-2H3. The molecule has 0 amide bonds. The van der Waals surface area contributed by atoms with Crippen molar-refractivity contribution in [2.75, 3.05) is 6.54 Å². The first-order chi connectivity index (χ1) is 5.30. The Morgan fingerprint density at radius 1 is 1.45 bits per heavy atom. The summed E-state index contributed by atoms with van der Waals surface area (Å²) in [7, 11) is 0. The molecule has 0 bridgehead atoms. The van der Waals surface area contributed by atoms with Gasteiger partial charge in [-0.1, -0.05) is 27.7 Å². The van der Waals surface area contributed by atoms with Crippen LogP contribution in [0.3, 0.4) is 0 Å². The van der Waals surface area contributed by atoms with E-state index in [9.17, 15) is 0 Å². The van der Waals surface area contributed by atoms with Crippen molar-refractivity contribution in [2.24, 2.45) is 10.9 Å². The third-order valence-corrected chi connectivity index (χ3v) is 1.45. The monoisotopic (exact) mass is 154 g/mol. The van der Waals surface area contributed by atoms with E-state index < -0.39 is 0 Å². The lowest BCUT2D eigenvalue weighted by Gasteiger charge is -2.11. The predicted molar refractivity (Wildman–Crippen MR) is 50.8 cm³/mol. The Balaban J connectivity index is 0.000000461. The summed E-state index contributed by atoms with van der Waals surface area (Å²) >= 11 is 0. The van der Waals surface area contributed by atoms with Crippen molar-refractivity contribution in [3.05, 3.63) is 11.8 Å². The van der Waals surface area contributed by atoms with Crippen LogP contribution in [-0.2, 0) is 0 Å². The van der Waals surface area contributed by atoms with Crippen LogP contribution in [0.1, 0.15) is 27.7 Å². The zero-order valence-electron chi connectivity index (χ0n) is 7.89. The highest BCUT2D eigenvalue weighted by molar-refractivity contribution is 5.58. The van der Waals surface area contributed by atoms with Crippen molar-refractivity contribution in [3.8, 4) is 0 Å². The van der Waals surface area contributed by atoms with Crippen LogP contribution in [0.4, 0.5) is 0 Å². The van der Waals surface area contributed by atoms with Crippen molar-refractivity contribution in [1.29, 1.82) is 0 Å². The quantitative estimate of drug-likeness (QED) is 0.615. The van der Waals surface area contributed by atoms with E-state index in [2.05, 4.69) is 24.2 Å². The summed E-state index contributed by atoms with van der Waals surface area (Å²) in [5, 5.41) is 2.96. The lowest BCUT2D eigenvalue weighted by molar-refractivity contribution is 0.733. The smallest absolute Gasteiger partial charge is 0.0867 e. The van der Waals surface area contributed by atoms with Gasteiger partial charge in [0.05, 0.1) is 12.9 Å². The van der Waals surface area contributed by atoms with Crippen LogP contribution in [0.5, 0.6) is 0 Å². The van der Waals surface area contributed by atoms with Gasteiger partial charge in [0.1, 0.15) is 0 Å². The number of hydrogen-bond acceptors (Lipinski definition) is 2. The van der Waals surface area contributed by atoms with Gasteiger partial charge >= 0.3 is 0 Å². The molecule has 1 aliphatic heterocycles. The van der Waals surface area contributed by atoms with E-state index in [1.54, 1.807) is 6.34 Å². The highest BCUT2D eigenvalue weighted by Gasteiger charge is 2.02. The molecule has 0 saturated carbocycles. The maximum Gasteiger partial charge on any atom is 0.0867 e. The largest absolute Gasteiger partial charge is 0.353 e. The topological polar surface area (TPSA) is 24.4 Å². The maximum absolute atomic E-state index is 4.08. The first kappa shape index (κ1) is 10.2. The molecule has 0 aromatic rings. The number of rotatable bonds is 1. The summed E-state index contributed by atoms with van der Waals surface area (Å²) < 4.78 is 0. The molecule has 1 aliphatic rings. The van der Waals surface area contributed by atoms with E-state index in [-0.39, 0.29) is 0 Å². The maximum atomic E-state index is 4.08. The van der Waals surface area contributed by atoms with Crippen LogP contribution in [0.25, 0.3) is 0 Å². The second kappa shape index (κ2) is 5.96. The van der Waals surface area contributed by atoms with Gasteiger partial charge in [0.15, 0.2) is 0 Å². The van der Waals surface area contributed by atoms with Crippen molar-refractivity contribution in [3.63, 3.8) is 0 Å². The molecule has 0 unspecified atom stereocenters. The number of hydrogen-bond donors (Lipinski definition) is 1. The lowest BCUT2D eigenvalue weighted by atomic mass is 10.0. The van der Waals surface area contributed by atoms with Gasteiger partial charge in [-0.2, -0.15) is 0 Å². The summed E-state index contributed by atoms with van der Waals surface area (Å²) in [6, 6.07) is 0. The number of nitrogens with one attached hydrogen (secondary N) is 1. The molecule has 0 fully saturated rings. The van der Waals surface area contributed by atoms with Gasteiger partial charge in [-0.15, -0.1) is 0 Å². The predicted octanol–water partition coefficient (Wildman–Crippen LogP) is 2.18. The summed E-state index contributed by atoms with van der Waals surface area (Å²) in [6.45, 7) is 9.22. The van der Waals surface area contributed by atoms with E-state index in [1.807, 2.05) is 20.0 Å². The molecule has 11 heavy (non-hydrogen) atoms. The van der Waals surface area contributed by atoms with Gasteiger partial charge in [0.25, 0.3) is 0 Å². The van der Waals surface area contributed by atoms with Gasteiger partial charge < -0.3 is 5.32 Å². The first-order valence-electron chi connectivity index (χ1n) is 4.24. The minimum absolute atomic E-state index is 0.620. The Kier molecular flexibility index (Phi) is 5.53. The van der Waals surface area contributed by atoms with Gasteiger partial charge in [0, 0.05) is 6.20 Å². The Labute approximate surface area is 69.4 Å². The molecule has 2 nitrogen and oxygen atoms in total. The van der Waals surface area contributed by atoms with Gasteiger partial charge in [0.2, 0.25) is 0 Å². The molecule has 64 valence electrons. The molecule has 0 aromatic carbocycles. The third kappa shape index (κ3) is 3.81. The van der Waals surface area contributed by atoms with Crippen LogP contribution >= 0.6 is 0 Å². The Morgan fingerprint density at radius 2 is 2.09 bits per heavy atom. The van der Waals surface area contributed by atoms with Crippen LogP contribution in [0, 0.1) is 5.92 Å². The summed E-state index contributed by atoms with van der Waals surface area (Å²) in [4.78, 5) is 4.08. The fourth-order valence-electron chi connectivity index (χ4n) is 0.743. The van der Waals surface area contributed by atoms with Gasteiger partial charge in [-0.3, -0.25) is 4.99 Å². The summed E-state index contributed by atoms with van der Waals surface area (Å²) in [5.41, 5.74) is 1.37. The van der Waals surface area contributed by atoms with Crippen molar-refractivity contribution < 1.29 is 0 Å². The molecule has 0 radical (unpaired) electrons. The van der Waals surface area contributed by atoms with E-state index >= 15 is 0 Å². The molecule has 2 heteroatoms. The molecule has 1 heterocycles. The van der Waals surface area contributed by atoms with E-state index in [4.69, 9.17) is 0 Å². The fourth-order valence-corrected chi connectivity index (χ4v) is 0.743. The van der Waals surface area contributed by atoms with Crippen LogP contribution in [0.15, 0.2) is 16.8 Å². The molecular formula is C9H18N2. The fraction of sp³-hybridized carbons (Fsp3) is 0.667. The number of aliphatic imine (C=N–C) groups is 1. The highest BCUT2D eigenvalue weighted by Crippen LogP contribution is 2.09. The molecular weight excluding hydrogens is 136 g/mol. The van der Waals surface area contributed by atoms with Gasteiger partial charge in [-0.05, 0) is 11.5 Å². The Bertz CT molecular complexity index is 146. The normalized spacial score (nSPS) is 14.8. The van der Waals surface area contributed by atoms with Crippen LogP contribution < -0.4 is 5.32 Å². The number of nitrogens with zero attached hydrogens (tertiary/aromatic N) is 1. The molecule has 1 rings (SSSR count). The molecule has 0 saturated heterocycles. The van der Waals surface area contributed by atoms with Gasteiger partial charge in [-0.25, -0.2) is 0 Å². The Hall–Kier alpha value is -0.790. The van der Waals surface area contributed by atoms with E-state index in [0.29, 0.717) is 5.92 Å². The minimum atomic E-state index is 0.620. The molecule has 0 atom stereocenters. The van der Waals surface area contributed by atoms with Crippen molar-refractivity contribution >= 4 is 6.34 Å². The Morgan fingerprint density at radius 3 is 2.36 bits per heavy atom. The molecule has 0 aromatic heterocycles.